The van der Waals surface area contributed by atoms with Crippen molar-refractivity contribution in [1.29, 1.82) is 0 Å². The molecule has 0 spiro atoms. The molecule has 0 bridgehead atoms. The van der Waals surface area contributed by atoms with Crippen LogP contribution < -0.4 is 10.0 Å². The van der Waals surface area contributed by atoms with Crippen molar-refractivity contribution in [3.05, 3.63) is 35.4 Å². The van der Waals surface area contributed by atoms with Crippen molar-refractivity contribution in [2.75, 3.05) is 13.6 Å². The summed E-state index contributed by atoms with van der Waals surface area (Å²) < 4.78 is 27.0. The van der Waals surface area contributed by atoms with Gasteiger partial charge in [-0.3, -0.25) is 0 Å². The van der Waals surface area contributed by atoms with Crippen LogP contribution in [-0.2, 0) is 22.3 Å². The number of sulfonamides is 1. The van der Waals surface area contributed by atoms with E-state index in [4.69, 9.17) is 0 Å². The fraction of sp³-hybridized carbons (Fsp3) is 0.625. The summed E-state index contributed by atoms with van der Waals surface area (Å²) in [4.78, 5) is 0. The number of hydrogen-bond acceptors (Lipinski definition) is 3. The van der Waals surface area contributed by atoms with Gasteiger partial charge in [0.1, 0.15) is 0 Å². The molecule has 5 heteroatoms. The first kappa shape index (κ1) is 16.5. The first-order valence-corrected chi connectivity index (χ1v) is 9.44. The van der Waals surface area contributed by atoms with Crippen molar-refractivity contribution in [2.45, 2.75) is 44.4 Å². The largest absolute Gasteiger partial charge is 0.316 e. The lowest BCUT2D eigenvalue weighted by atomic mass is 9.90. The van der Waals surface area contributed by atoms with Gasteiger partial charge in [-0.1, -0.05) is 43.5 Å². The zero-order valence-corrected chi connectivity index (χ0v) is 13.6. The second-order valence-corrected chi connectivity index (χ2v) is 7.77. The number of nitrogens with one attached hydrogen (secondary N) is 2. The van der Waals surface area contributed by atoms with Gasteiger partial charge >= 0.3 is 0 Å². The number of hydrogen-bond donors (Lipinski definition) is 2. The summed E-state index contributed by atoms with van der Waals surface area (Å²) >= 11 is 0. The molecule has 0 aliphatic heterocycles. The Morgan fingerprint density at radius 3 is 2.29 bits per heavy atom. The van der Waals surface area contributed by atoms with Crippen molar-refractivity contribution in [2.24, 2.45) is 5.92 Å². The standard InChI is InChI=1S/C16H26N2O2S/c1-17-11-15-7-9-16(10-8-15)13-21(19,20)18-12-14-5-3-2-4-6-14/h7-10,14,17-18H,2-6,11-13H2,1H3. The lowest BCUT2D eigenvalue weighted by Crippen LogP contribution is -2.31. The van der Waals surface area contributed by atoms with E-state index in [0.717, 1.165) is 30.5 Å². The molecule has 0 saturated heterocycles. The summed E-state index contributed by atoms with van der Waals surface area (Å²) in [6.07, 6.45) is 6.07. The van der Waals surface area contributed by atoms with Gasteiger partial charge in [-0.25, -0.2) is 13.1 Å². The van der Waals surface area contributed by atoms with E-state index in [1.165, 1.54) is 19.3 Å². The van der Waals surface area contributed by atoms with E-state index < -0.39 is 10.0 Å². The molecule has 1 aromatic carbocycles. The molecule has 1 aromatic rings. The Morgan fingerprint density at radius 2 is 1.67 bits per heavy atom. The van der Waals surface area contributed by atoms with Crippen molar-refractivity contribution >= 4 is 10.0 Å². The quantitative estimate of drug-likeness (QED) is 0.813. The molecular weight excluding hydrogens is 284 g/mol. The van der Waals surface area contributed by atoms with Crippen LogP contribution in [-0.4, -0.2) is 22.0 Å². The number of benzene rings is 1. The molecule has 21 heavy (non-hydrogen) atoms. The maximum Gasteiger partial charge on any atom is 0.215 e. The van der Waals surface area contributed by atoms with E-state index in [1.807, 2.05) is 31.3 Å². The van der Waals surface area contributed by atoms with Gasteiger partial charge in [-0.05, 0) is 36.9 Å². The molecule has 0 unspecified atom stereocenters. The molecule has 0 aromatic heterocycles. The smallest absolute Gasteiger partial charge is 0.215 e. The third-order valence-electron chi connectivity index (χ3n) is 4.08. The molecule has 2 N–H and O–H groups in total. The lowest BCUT2D eigenvalue weighted by Gasteiger charge is -2.21. The van der Waals surface area contributed by atoms with Gasteiger partial charge < -0.3 is 5.32 Å². The minimum Gasteiger partial charge on any atom is -0.316 e. The molecule has 0 heterocycles. The summed E-state index contributed by atoms with van der Waals surface area (Å²) in [6.45, 7) is 1.40. The highest BCUT2D eigenvalue weighted by molar-refractivity contribution is 7.88. The van der Waals surface area contributed by atoms with Gasteiger partial charge in [0.25, 0.3) is 0 Å². The van der Waals surface area contributed by atoms with Gasteiger partial charge in [0, 0.05) is 13.1 Å². The molecule has 0 atom stereocenters. The van der Waals surface area contributed by atoms with E-state index in [2.05, 4.69) is 10.0 Å². The van der Waals surface area contributed by atoms with Gasteiger partial charge in [0.15, 0.2) is 0 Å². The monoisotopic (exact) mass is 310 g/mol. The Balaban J connectivity index is 1.84. The molecule has 1 aliphatic rings. The minimum atomic E-state index is -3.22. The van der Waals surface area contributed by atoms with Crippen molar-refractivity contribution in [1.82, 2.24) is 10.0 Å². The maximum atomic E-state index is 12.1. The summed E-state index contributed by atoms with van der Waals surface area (Å²) in [7, 11) is -1.33. The Labute approximate surface area is 128 Å². The highest BCUT2D eigenvalue weighted by Crippen LogP contribution is 2.23. The second-order valence-electron chi connectivity index (χ2n) is 5.96. The second kappa shape index (κ2) is 7.92. The maximum absolute atomic E-state index is 12.1. The van der Waals surface area contributed by atoms with E-state index in [1.54, 1.807) is 0 Å². The summed E-state index contributed by atoms with van der Waals surface area (Å²) in [5.41, 5.74) is 2.00. The summed E-state index contributed by atoms with van der Waals surface area (Å²) in [6, 6.07) is 7.74. The minimum absolute atomic E-state index is 0.0690. The predicted octanol–water partition coefficient (Wildman–Crippen LogP) is 2.41. The van der Waals surface area contributed by atoms with Crippen LogP contribution >= 0.6 is 0 Å². The van der Waals surface area contributed by atoms with Crippen LogP contribution in [0.2, 0.25) is 0 Å². The van der Waals surface area contributed by atoms with E-state index in [-0.39, 0.29) is 5.75 Å². The van der Waals surface area contributed by atoms with Crippen LogP contribution in [0.15, 0.2) is 24.3 Å². The fourth-order valence-corrected chi connectivity index (χ4v) is 4.09. The highest BCUT2D eigenvalue weighted by Gasteiger charge is 2.17. The Bertz CT molecular complexity index is 520. The Hall–Kier alpha value is -0.910. The van der Waals surface area contributed by atoms with Crippen LogP contribution in [0.3, 0.4) is 0 Å². The zero-order valence-electron chi connectivity index (χ0n) is 12.8. The highest BCUT2D eigenvalue weighted by atomic mass is 32.2. The molecule has 0 amide bonds. The average molecular weight is 310 g/mol. The van der Waals surface area contributed by atoms with E-state index in [0.29, 0.717) is 12.5 Å². The van der Waals surface area contributed by atoms with Crippen LogP contribution in [0.25, 0.3) is 0 Å². The van der Waals surface area contributed by atoms with Crippen molar-refractivity contribution in [3.63, 3.8) is 0 Å². The van der Waals surface area contributed by atoms with Crippen molar-refractivity contribution < 1.29 is 8.42 Å². The van der Waals surface area contributed by atoms with Gasteiger partial charge in [-0.15, -0.1) is 0 Å². The van der Waals surface area contributed by atoms with Crippen LogP contribution in [0, 0.1) is 5.92 Å². The van der Waals surface area contributed by atoms with Gasteiger partial charge in [-0.2, -0.15) is 0 Å². The summed E-state index contributed by atoms with van der Waals surface area (Å²) in [5.74, 6) is 0.589. The molecule has 2 rings (SSSR count). The van der Waals surface area contributed by atoms with E-state index >= 15 is 0 Å². The molecule has 0 radical (unpaired) electrons. The van der Waals surface area contributed by atoms with Gasteiger partial charge in [0.05, 0.1) is 5.75 Å². The van der Waals surface area contributed by atoms with E-state index in [9.17, 15) is 8.42 Å². The third kappa shape index (κ3) is 5.77. The fourth-order valence-electron chi connectivity index (χ4n) is 2.86. The molecule has 1 aliphatic carbocycles. The first-order valence-electron chi connectivity index (χ1n) is 7.79. The zero-order chi connectivity index (χ0) is 15.1. The number of rotatable bonds is 7. The first-order chi connectivity index (χ1) is 10.1. The lowest BCUT2D eigenvalue weighted by molar-refractivity contribution is 0.357. The average Bonchev–Trinajstić information content (AvgIpc) is 2.48. The predicted molar refractivity (Wildman–Crippen MR) is 86.4 cm³/mol. The summed E-state index contributed by atoms with van der Waals surface area (Å²) in [5, 5.41) is 3.08. The van der Waals surface area contributed by atoms with Crippen LogP contribution in [0.1, 0.15) is 43.2 Å². The molecular formula is C16H26N2O2S. The normalized spacial score (nSPS) is 17.0. The van der Waals surface area contributed by atoms with Crippen LogP contribution in [0.4, 0.5) is 0 Å². The van der Waals surface area contributed by atoms with Gasteiger partial charge in [0.2, 0.25) is 10.0 Å². The topological polar surface area (TPSA) is 58.2 Å². The molecule has 118 valence electrons. The Kier molecular flexibility index (Phi) is 6.21. The van der Waals surface area contributed by atoms with Crippen molar-refractivity contribution in [3.8, 4) is 0 Å². The molecule has 1 fully saturated rings. The Morgan fingerprint density at radius 1 is 1.05 bits per heavy atom. The SMILES string of the molecule is CNCc1ccc(CS(=O)(=O)NCC2CCCCC2)cc1. The molecule has 1 saturated carbocycles. The third-order valence-corrected chi connectivity index (χ3v) is 5.40. The molecule has 4 nitrogen and oxygen atoms in total. The van der Waals surface area contributed by atoms with Crippen LogP contribution in [0.5, 0.6) is 0 Å².